The Kier molecular flexibility index (Phi) is 4.37. The average Bonchev–Trinajstić information content (AvgIpc) is 2.85. The summed E-state index contributed by atoms with van der Waals surface area (Å²) >= 11 is 0. The van der Waals surface area contributed by atoms with E-state index in [0.717, 1.165) is 0 Å². The third-order valence-electron chi connectivity index (χ3n) is 2.88. The van der Waals surface area contributed by atoms with Gasteiger partial charge in [-0.05, 0) is 32.9 Å². The molecule has 0 bridgehead atoms. The Morgan fingerprint density at radius 1 is 1.33 bits per heavy atom. The standard InChI is InChI=1S/C15H17N3O3/c1-9-8-16-14(21-9)10(2)17-15(20)18-13-6-4-5-12(7-13)11(3)19/h4-8,10H,1-3H3,(H2,17,18,20). The second kappa shape index (κ2) is 6.21. The first kappa shape index (κ1) is 14.8. The van der Waals surface area contributed by atoms with Crippen LogP contribution < -0.4 is 10.6 Å². The Morgan fingerprint density at radius 2 is 2.10 bits per heavy atom. The molecule has 0 spiro atoms. The number of hydrogen-bond acceptors (Lipinski definition) is 4. The summed E-state index contributed by atoms with van der Waals surface area (Å²) in [5, 5.41) is 5.39. The summed E-state index contributed by atoms with van der Waals surface area (Å²) in [6.45, 7) is 5.04. The number of carbonyl (C=O) groups is 2. The van der Waals surface area contributed by atoms with Gasteiger partial charge in [0.1, 0.15) is 11.8 Å². The fourth-order valence-corrected chi connectivity index (χ4v) is 1.81. The van der Waals surface area contributed by atoms with Gasteiger partial charge in [-0.15, -0.1) is 0 Å². The monoisotopic (exact) mass is 287 g/mol. The van der Waals surface area contributed by atoms with Crippen molar-refractivity contribution in [2.75, 3.05) is 5.32 Å². The fourth-order valence-electron chi connectivity index (χ4n) is 1.81. The number of carbonyl (C=O) groups excluding carboxylic acids is 2. The number of ketones is 1. The van der Waals surface area contributed by atoms with Gasteiger partial charge in [0.2, 0.25) is 5.89 Å². The molecular formula is C15H17N3O3. The zero-order valence-electron chi connectivity index (χ0n) is 12.1. The molecule has 1 heterocycles. The minimum absolute atomic E-state index is 0.0531. The average molecular weight is 287 g/mol. The second-order valence-electron chi connectivity index (χ2n) is 4.77. The zero-order valence-corrected chi connectivity index (χ0v) is 12.1. The summed E-state index contributed by atoms with van der Waals surface area (Å²) in [6, 6.07) is 6.01. The Bertz CT molecular complexity index is 664. The number of hydrogen-bond donors (Lipinski definition) is 2. The van der Waals surface area contributed by atoms with E-state index in [4.69, 9.17) is 4.42 Å². The molecule has 6 nitrogen and oxygen atoms in total. The third kappa shape index (κ3) is 3.92. The molecule has 2 rings (SSSR count). The van der Waals surface area contributed by atoms with Crippen molar-refractivity contribution in [3.05, 3.63) is 47.7 Å². The van der Waals surface area contributed by atoms with Gasteiger partial charge >= 0.3 is 6.03 Å². The van der Waals surface area contributed by atoms with E-state index in [9.17, 15) is 9.59 Å². The van der Waals surface area contributed by atoms with Gasteiger partial charge < -0.3 is 15.1 Å². The van der Waals surface area contributed by atoms with Crippen LogP contribution in [0.2, 0.25) is 0 Å². The molecule has 6 heteroatoms. The lowest BCUT2D eigenvalue weighted by Crippen LogP contribution is -2.31. The normalized spacial score (nSPS) is 11.8. The molecule has 0 aliphatic carbocycles. The van der Waals surface area contributed by atoms with E-state index in [1.54, 1.807) is 44.3 Å². The van der Waals surface area contributed by atoms with Gasteiger partial charge in [-0.25, -0.2) is 9.78 Å². The molecule has 2 aromatic rings. The summed E-state index contributed by atoms with van der Waals surface area (Å²) in [4.78, 5) is 27.3. The van der Waals surface area contributed by atoms with Gasteiger partial charge in [-0.1, -0.05) is 12.1 Å². The van der Waals surface area contributed by atoms with Crippen LogP contribution in [-0.2, 0) is 0 Å². The van der Waals surface area contributed by atoms with Crippen molar-refractivity contribution >= 4 is 17.5 Å². The Balaban J connectivity index is 1.98. The molecule has 0 saturated heterocycles. The fraction of sp³-hybridized carbons (Fsp3) is 0.267. The van der Waals surface area contributed by atoms with Crippen molar-refractivity contribution in [2.24, 2.45) is 0 Å². The number of aromatic nitrogens is 1. The summed E-state index contributed by atoms with van der Waals surface area (Å²) in [7, 11) is 0. The first-order valence-electron chi connectivity index (χ1n) is 6.56. The maximum atomic E-state index is 11.9. The molecule has 21 heavy (non-hydrogen) atoms. The van der Waals surface area contributed by atoms with Crippen molar-refractivity contribution in [2.45, 2.75) is 26.8 Å². The van der Waals surface area contributed by atoms with Crippen molar-refractivity contribution in [3.8, 4) is 0 Å². The summed E-state index contributed by atoms with van der Waals surface area (Å²) in [5.41, 5.74) is 1.10. The molecule has 0 saturated carbocycles. The number of anilines is 1. The van der Waals surface area contributed by atoms with E-state index in [0.29, 0.717) is 22.9 Å². The number of benzene rings is 1. The SMILES string of the molecule is CC(=O)c1cccc(NC(=O)NC(C)c2ncc(C)o2)c1. The molecule has 1 aromatic heterocycles. The van der Waals surface area contributed by atoms with E-state index in [1.165, 1.54) is 6.92 Å². The summed E-state index contributed by atoms with van der Waals surface area (Å²) in [5.74, 6) is 1.08. The topological polar surface area (TPSA) is 84.2 Å². The predicted molar refractivity (Wildman–Crippen MR) is 78.3 cm³/mol. The number of rotatable bonds is 4. The molecule has 0 fully saturated rings. The number of nitrogens with one attached hydrogen (secondary N) is 2. The molecule has 0 aliphatic rings. The molecule has 0 aliphatic heterocycles. The summed E-state index contributed by atoms with van der Waals surface area (Å²) in [6.07, 6.45) is 1.60. The number of nitrogens with zero attached hydrogens (tertiary/aromatic N) is 1. The Labute approximate surface area is 122 Å². The van der Waals surface area contributed by atoms with Crippen LogP contribution in [0.25, 0.3) is 0 Å². The first-order chi connectivity index (χ1) is 9.95. The van der Waals surface area contributed by atoms with Gasteiger partial charge in [-0.2, -0.15) is 0 Å². The van der Waals surface area contributed by atoms with Crippen LogP contribution in [0.1, 0.15) is 41.9 Å². The van der Waals surface area contributed by atoms with Gasteiger partial charge in [0.25, 0.3) is 0 Å². The van der Waals surface area contributed by atoms with Crippen molar-refractivity contribution in [1.82, 2.24) is 10.3 Å². The number of Topliss-reactive ketones (excluding diaryl/α,β-unsaturated/α-hetero) is 1. The number of oxazole rings is 1. The maximum absolute atomic E-state index is 11.9. The largest absolute Gasteiger partial charge is 0.444 e. The van der Waals surface area contributed by atoms with Gasteiger partial charge in [0.15, 0.2) is 5.78 Å². The number of aryl methyl sites for hydroxylation is 1. The van der Waals surface area contributed by atoms with Crippen LogP contribution in [0.3, 0.4) is 0 Å². The second-order valence-corrected chi connectivity index (χ2v) is 4.77. The molecule has 0 radical (unpaired) electrons. The van der Waals surface area contributed by atoms with E-state index in [2.05, 4.69) is 15.6 Å². The molecule has 110 valence electrons. The maximum Gasteiger partial charge on any atom is 0.319 e. The van der Waals surface area contributed by atoms with Gasteiger partial charge in [0.05, 0.1) is 6.20 Å². The lowest BCUT2D eigenvalue weighted by Gasteiger charge is -2.12. The van der Waals surface area contributed by atoms with Crippen LogP contribution in [0.15, 0.2) is 34.9 Å². The van der Waals surface area contributed by atoms with Crippen molar-refractivity contribution in [3.63, 3.8) is 0 Å². The summed E-state index contributed by atoms with van der Waals surface area (Å²) < 4.78 is 5.35. The number of urea groups is 1. The molecule has 1 aromatic carbocycles. The van der Waals surface area contributed by atoms with E-state index in [1.807, 2.05) is 0 Å². The number of amides is 2. The highest BCUT2D eigenvalue weighted by Gasteiger charge is 2.14. The molecule has 2 amide bonds. The van der Waals surface area contributed by atoms with E-state index in [-0.39, 0.29) is 17.9 Å². The predicted octanol–water partition coefficient (Wildman–Crippen LogP) is 3.07. The van der Waals surface area contributed by atoms with Gasteiger partial charge in [-0.3, -0.25) is 4.79 Å². The smallest absolute Gasteiger partial charge is 0.319 e. The minimum atomic E-state index is -0.390. The lowest BCUT2D eigenvalue weighted by atomic mass is 10.1. The van der Waals surface area contributed by atoms with Crippen LogP contribution in [0.4, 0.5) is 10.5 Å². The molecule has 2 N–H and O–H groups in total. The van der Waals surface area contributed by atoms with E-state index >= 15 is 0 Å². The minimum Gasteiger partial charge on any atom is -0.444 e. The highest BCUT2D eigenvalue weighted by molar-refractivity contribution is 5.96. The molecule has 1 atom stereocenters. The zero-order chi connectivity index (χ0) is 15.4. The van der Waals surface area contributed by atoms with Crippen LogP contribution >= 0.6 is 0 Å². The quantitative estimate of drug-likeness (QED) is 0.846. The lowest BCUT2D eigenvalue weighted by molar-refractivity contribution is 0.101. The van der Waals surface area contributed by atoms with Crippen molar-refractivity contribution < 1.29 is 14.0 Å². The van der Waals surface area contributed by atoms with Crippen LogP contribution in [-0.4, -0.2) is 16.8 Å². The third-order valence-corrected chi connectivity index (χ3v) is 2.88. The Morgan fingerprint density at radius 3 is 2.71 bits per heavy atom. The first-order valence-corrected chi connectivity index (χ1v) is 6.56. The van der Waals surface area contributed by atoms with E-state index < -0.39 is 0 Å². The van der Waals surface area contributed by atoms with Gasteiger partial charge in [0, 0.05) is 11.3 Å². The van der Waals surface area contributed by atoms with Crippen LogP contribution in [0.5, 0.6) is 0 Å². The van der Waals surface area contributed by atoms with Crippen LogP contribution in [0, 0.1) is 6.92 Å². The molecule has 1 unspecified atom stereocenters. The highest BCUT2D eigenvalue weighted by atomic mass is 16.4. The molecular weight excluding hydrogens is 270 g/mol. The Hall–Kier alpha value is -2.63. The highest BCUT2D eigenvalue weighted by Crippen LogP contribution is 2.14. The van der Waals surface area contributed by atoms with Crippen molar-refractivity contribution in [1.29, 1.82) is 0 Å².